The zero-order valence-corrected chi connectivity index (χ0v) is 15.0. The summed E-state index contributed by atoms with van der Waals surface area (Å²) in [4.78, 5) is 6.67. The van der Waals surface area contributed by atoms with Gasteiger partial charge in [0.1, 0.15) is 11.6 Å². The van der Waals surface area contributed by atoms with Crippen molar-refractivity contribution in [3.05, 3.63) is 16.1 Å². The Morgan fingerprint density at radius 3 is 2.33 bits per heavy atom. The fourth-order valence-corrected chi connectivity index (χ4v) is 2.72. The summed E-state index contributed by atoms with van der Waals surface area (Å²) in [6.07, 6.45) is 1.05. The van der Waals surface area contributed by atoms with Crippen LogP contribution in [0.5, 0.6) is 0 Å². The van der Waals surface area contributed by atoms with Crippen molar-refractivity contribution < 1.29 is 0 Å². The summed E-state index contributed by atoms with van der Waals surface area (Å²) in [5.41, 5.74) is 0. The second kappa shape index (κ2) is 8.66. The van der Waals surface area contributed by atoms with Gasteiger partial charge in [0, 0.05) is 19.1 Å². The van der Waals surface area contributed by atoms with Crippen molar-refractivity contribution >= 4 is 34.8 Å². The molecule has 2 N–H and O–H groups in total. The summed E-state index contributed by atoms with van der Waals surface area (Å²) < 4.78 is 0. The van der Waals surface area contributed by atoms with Gasteiger partial charge in [0.15, 0.2) is 0 Å². The predicted octanol–water partition coefficient (Wildman–Crippen LogP) is 4.21. The van der Waals surface area contributed by atoms with Crippen LogP contribution < -0.4 is 10.6 Å². The molecule has 0 aliphatic carbocycles. The van der Waals surface area contributed by atoms with Crippen LogP contribution in [0.15, 0.2) is 6.07 Å². The first-order valence-corrected chi connectivity index (χ1v) is 8.10. The molecule has 21 heavy (non-hydrogen) atoms. The zero-order chi connectivity index (χ0) is 16.0. The normalized spacial score (nSPS) is 12.8. The van der Waals surface area contributed by atoms with Crippen molar-refractivity contribution in [1.29, 1.82) is 0 Å². The summed E-state index contributed by atoms with van der Waals surface area (Å²) >= 11 is 12.4. The predicted molar refractivity (Wildman–Crippen MR) is 93.8 cm³/mol. The van der Waals surface area contributed by atoms with Crippen molar-refractivity contribution in [3.8, 4) is 0 Å². The molecule has 0 fully saturated rings. The number of pyridine rings is 1. The van der Waals surface area contributed by atoms with E-state index < -0.39 is 0 Å². The Morgan fingerprint density at radius 1 is 1.19 bits per heavy atom. The number of nitrogens with one attached hydrogen (secondary N) is 2. The molecule has 0 aliphatic heterocycles. The van der Waals surface area contributed by atoms with Crippen molar-refractivity contribution in [1.82, 2.24) is 9.88 Å². The van der Waals surface area contributed by atoms with Gasteiger partial charge in [-0.3, -0.25) is 0 Å². The van der Waals surface area contributed by atoms with Gasteiger partial charge in [-0.05, 0) is 39.4 Å². The van der Waals surface area contributed by atoms with E-state index in [4.69, 9.17) is 23.2 Å². The monoisotopic (exact) mass is 332 g/mol. The van der Waals surface area contributed by atoms with Gasteiger partial charge in [0.2, 0.25) is 0 Å². The van der Waals surface area contributed by atoms with Crippen LogP contribution in [0.4, 0.5) is 11.6 Å². The Kier molecular flexibility index (Phi) is 7.57. The van der Waals surface area contributed by atoms with E-state index in [1.54, 1.807) is 6.07 Å². The van der Waals surface area contributed by atoms with Crippen LogP contribution in [0.3, 0.4) is 0 Å². The number of halogens is 2. The minimum absolute atomic E-state index is 0.292. The number of anilines is 2. The lowest BCUT2D eigenvalue weighted by Crippen LogP contribution is -2.34. The molecular formula is C15H26Cl2N4. The van der Waals surface area contributed by atoms with Crippen LogP contribution in [0, 0.1) is 5.92 Å². The molecule has 0 bridgehead atoms. The molecule has 1 rings (SSSR count). The molecule has 1 aromatic rings. The minimum Gasteiger partial charge on any atom is -0.369 e. The molecule has 1 heterocycles. The van der Waals surface area contributed by atoms with E-state index in [0.29, 0.717) is 33.6 Å². The molecule has 0 amide bonds. The smallest absolute Gasteiger partial charge is 0.147 e. The number of rotatable bonds is 8. The molecule has 1 unspecified atom stereocenters. The SMILES string of the molecule is CCNc1nc(NC(CC(C)C)CN(C)C)c(Cl)cc1Cl. The van der Waals surface area contributed by atoms with E-state index in [2.05, 4.69) is 48.5 Å². The summed E-state index contributed by atoms with van der Waals surface area (Å²) in [6.45, 7) is 8.13. The lowest BCUT2D eigenvalue weighted by molar-refractivity contribution is 0.356. The highest BCUT2D eigenvalue weighted by Gasteiger charge is 2.16. The highest BCUT2D eigenvalue weighted by molar-refractivity contribution is 6.37. The van der Waals surface area contributed by atoms with Gasteiger partial charge in [-0.25, -0.2) is 4.98 Å². The molecule has 0 aliphatic rings. The van der Waals surface area contributed by atoms with E-state index >= 15 is 0 Å². The Bertz CT molecular complexity index is 440. The summed E-state index contributed by atoms with van der Waals surface area (Å²) in [5, 5.41) is 7.69. The van der Waals surface area contributed by atoms with Crippen LogP contribution in [0.25, 0.3) is 0 Å². The first-order valence-electron chi connectivity index (χ1n) is 7.34. The first-order chi connectivity index (χ1) is 9.83. The Labute approximate surface area is 138 Å². The molecule has 1 atom stereocenters. The topological polar surface area (TPSA) is 40.2 Å². The van der Waals surface area contributed by atoms with Gasteiger partial charge in [0.25, 0.3) is 0 Å². The highest BCUT2D eigenvalue weighted by Crippen LogP contribution is 2.30. The van der Waals surface area contributed by atoms with Gasteiger partial charge in [-0.1, -0.05) is 37.0 Å². The van der Waals surface area contributed by atoms with Crippen molar-refractivity contribution in [3.63, 3.8) is 0 Å². The van der Waals surface area contributed by atoms with Gasteiger partial charge < -0.3 is 15.5 Å². The Hall–Kier alpha value is -0.710. The Balaban J connectivity index is 2.93. The third kappa shape index (κ3) is 6.29. The van der Waals surface area contributed by atoms with Crippen molar-refractivity contribution in [2.45, 2.75) is 33.2 Å². The zero-order valence-electron chi connectivity index (χ0n) is 13.5. The average Bonchev–Trinajstić information content (AvgIpc) is 2.33. The maximum atomic E-state index is 6.27. The fraction of sp³-hybridized carbons (Fsp3) is 0.667. The summed E-state index contributed by atoms with van der Waals surface area (Å²) in [5.74, 6) is 1.95. The third-order valence-corrected chi connectivity index (χ3v) is 3.53. The maximum absolute atomic E-state index is 6.27. The van der Waals surface area contributed by atoms with E-state index in [1.165, 1.54) is 0 Å². The standard InChI is InChI=1S/C15H26Cl2N4/c1-6-18-14-12(16)8-13(17)15(20-14)19-11(7-10(2)3)9-21(4)5/h8,10-11H,6-7,9H2,1-5H3,(H2,18,19,20). The number of nitrogens with zero attached hydrogens (tertiary/aromatic N) is 2. The number of aromatic nitrogens is 1. The van der Waals surface area contributed by atoms with Gasteiger partial charge in [0.05, 0.1) is 10.0 Å². The lowest BCUT2D eigenvalue weighted by Gasteiger charge is -2.25. The van der Waals surface area contributed by atoms with Gasteiger partial charge in [-0.2, -0.15) is 0 Å². The quantitative estimate of drug-likeness (QED) is 0.748. The van der Waals surface area contributed by atoms with Crippen molar-refractivity contribution in [2.24, 2.45) is 5.92 Å². The van der Waals surface area contributed by atoms with Crippen LogP contribution in [-0.2, 0) is 0 Å². The van der Waals surface area contributed by atoms with E-state index in [9.17, 15) is 0 Å². The number of hydrogen-bond acceptors (Lipinski definition) is 4. The molecule has 120 valence electrons. The van der Waals surface area contributed by atoms with Gasteiger partial charge >= 0.3 is 0 Å². The molecule has 0 saturated carbocycles. The van der Waals surface area contributed by atoms with E-state index in [0.717, 1.165) is 19.5 Å². The van der Waals surface area contributed by atoms with Crippen LogP contribution in [-0.4, -0.2) is 43.1 Å². The molecule has 0 aromatic carbocycles. The summed E-state index contributed by atoms with van der Waals surface area (Å²) in [6, 6.07) is 2.03. The fourth-order valence-electron chi connectivity index (χ4n) is 2.24. The molecule has 0 saturated heterocycles. The second-order valence-corrected chi connectivity index (χ2v) is 6.73. The number of likely N-dealkylation sites (N-methyl/N-ethyl adjacent to an activating group) is 1. The largest absolute Gasteiger partial charge is 0.369 e. The molecule has 4 nitrogen and oxygen atoms in total. The molecular weight excluding hydrogens is 307 g/mol. The minimum atomic E-state index is 0.292. The Morgan fingerprint density at radius 2 is 1.81 bits per heavy atom. The molecule has 0 radical (unpaired) electrons. The van der Waals surface area contributed by atoms with Crippen LogP contribution >= 0.6 is 23.2 Å². The highest BCUT2D eigenvalue weighted by atomic mass is 35.5. The van der Waals surface area contributed by atoms with E-state index in [1.807, 2.05) is 6.92 Å². The third-order valence-electron chi connectivity index (χ3n) is 2.96. The van der Waals surface area contributed by atoms with E-state index in [-0.39, 0.29) is 0 Å². The number of hydrogen-bond donors (Lipinski definition) is 2. The molecule has 1 aromatic heterocycles. The molecule has 6 heteroatoms. The van der Waals surface area contributed by atoms with Crippen molar-refractivity contribution in [2.75, 3.05) is 37.8 Å². The molecule has 0 spiro atoms. The average molecular weight is 333 g/mol. The van der Waals surface area contributed by atoms with Crippen LogP contribution in [0.1, 0.15) is 27.2 Å². The van der Waals surface area contributed by atoms with Gasteiger partial charge in [-0.15, -0.1) is 0 Å². The lowest BCUT2D eigenvalue weighted by atomic mass is 10.0. The first kappa shape index (κ1) is 18.3. The van der Waals surface area contributed by atoms with Crippen LogP contribution in [0.2, 0.25) is 10.0 Å². The maximum Gasteiger partial charge on any atom is 0.147 e. The summed E-state index contributed by atoms with van der Waals surface area (Å²) in [7, 11) is 4.13. The second-order valence-electron chi connectivity index (χ2n) is 5.91.